The summed E-state index contributed by atoms with van der Waals surface area (Å²) in [5.41, 5.74) is 4.66. The predicted octanol–water partition coefficient (Wildman–Crippen LogP) is 2.88. The molecule has 1 N–H and O–H groups in total. The van der Waals surface area contributed by atoms with Crippen molar-refractivity contribution in [2.75, 3.05) is 19.6 Å². The average molecular weight is 258 g/mol. The van der Waals surface area contributed by atoms with Gasteiger partial charge in [0.1, 0.15) is 0 Å². The number of piperazine rings is 1. The Morgan fingerprint density at radius 2 is 2.11 bits per heavy atom. The first kappa shape index (κ1) is 13.1. The number of benzene rings is 1. The van der Waals surface area contributed by atoms with Gasteiger partial charge in [-0.2, -0.15) is 0 Å². The number of nitrogens with zero attached hydrogens (tertiary/aromatic N) is 1. The summed E-state index contributed by atoms with van der Waals surface area (Å²) in [6, 6.07) is 6.82. The van der Waals surface area contributed by atoms with Crippen molar-refractivity contribution in [3.63, 3.8) is 0 Å². The minimum absolute atomic E-state index is 0.357. The highest BCUT2D eigenvalue weighted by molar-refractivity contribution is 5.30. The SMILES string of the molecule is Cc1ccc(C)c(CN2CCNC(C)(C3CC3)C2)c1. The summed E-state index contributed by atoms with van der Waals surface area (Å²) in [5.74, 6) is 0.911. The van der Waals surface area contributed by atoms with Crippen LogP contribution in [0.4, 0.5) is 0 Å². The summed E-state index contributed by atoms with van der Waals surface area (Å²) < 4.78 is 0. The van der Waals surface area contributed by atoms with Crippen LogP contribution < -0.4 is 5.32 Å². The molecule has 19 heavy (non-hydrogen) atoms. The molecule has 2 nitrogen and oxygen atoms in total. The van der Waals surface area contributed by atoms with Crippen LogP contribution in [0.2, 0.25) is 0 Å². The molecule has 0 radical (unpaired) electrons. The van der Waals surface area contributed by atoms with Gasteiger partial charge in [0.25, 0.3) is 0 Å². The third kappa shape index (κ3) is 2.85. The maximum absolute atomic E-state index is 3.76. The highest BCUT2D eigenvalue weighted by Crippen LogP contribution is 2.40. The predicted molar refractivity (Wildman–Crippen MR) is 80.3 cm³/mol. The summed E-state index contributed by atoms with van der Waals surface area (Å²) in [6.07, 6.45) is 2.83. The quantitative estimate of drug-likeness (QED) is 0.897. The molecule has 1 aromatic carbocycles. The zero-order valence-corrected chi connectivity index (χ0v) is 12.5. The van der Waals surface area contributed by atoms with Gasteiger partial charge >= 0.3 is 0 Å². The van der Waals surface area contributed by atoms with Gasteiger partial charge in [0.2, 0.25) is 0 Å². The summed E-state index contributed by atoms with van der Waals surface area (Å²) in [6.45, 7) is 11.5. The topological polar surface area (TPSA) is 15.3 Å². The molecule has 0 amide bonds. The van der Waals surface area contributed by atoms with E-state index in [2.05, 4.69) is 49.2 Å². The lowest BCUT2D eigenvalue weighted by atomic mass is 9.92. The Hall–Kier alpha value is -0.860. The molecule has 1 aliphatic carbocycles. The van der Waals surface area contributed by atoms with Crippen molar-refractivity contribution in [3.8, 4) is 0 Å². The van der Waals surface area contributed by atoms with E-state index in [0.717, 1.165) is 19.0 Å². The van der Waals surface area contributed by atoms with E-state index in [1.54, 1.807) is 0 Å². The van der Waals surface area contributed by atoms with E-state index in [9.17, 15) is 0 Å². The van der Waals surface area contributed by atoms with E-state index in [-0.39, 0.29) is 0 Å². The number of aryl methyl sites for hydroxylation is 2. The van der Waals surface area contributed by atoms with E-state index in [4.69, 9.17) is 0 Å². The first-order chi connectivity index (χ1) is 9.07. The van der Waals surface area contributed by atoms with Crippen molar-refractivity contribution in [2.45, 2.75) is 45.7 Å². The Morgan fingerprint density at radius 3 is 2.84 bits per heavy atom. The number of hydrogen-bond acceptors (Lipinski definition) is 2. The average Bonchev–Trinajstić information content (AvgIpc) is 3.18. The minimum atomic E-state index is 0.357. The Kier molecular flexibility index (Phi) is 3.40. The molecule has 1 aromatic rings. The monoisotopic (exact) mass is 258 g/mol. The molecule has 1 saturated carbocycles. The fourth-order valence-corrected chi connectivity index (χ4v) is 3.44. The van der Waals surface area contributed by atoms with Gasteiger partial charge < -0.3 is 5.32 Å². The Morgan fingerprint density at radius 1 is 1.32 bits per heavy atom. The first-order valence-corrected chi connectivity index (χ1v) is 7.60. The smallest absolute Gasteiger partial charge is 0.0309 e. The van der Waals surface area contributed by atoms with Crippen LogP contribution >= 0.6 is 0 Å². The van der Waals surface area contributed by atoms with Crippen molar-refractivity contribution in [2.24, 2.45) is 5.92 Å². The van der Waals surface area contributed by atoms with Crippen LogP contribution in [0.3, 0.4) is 0 Å². The van der Waals surface area contributed by atoms with Crippen molar-refractivity contribution < 1.29 is 0 Å². The molecule has 0 aromatic heterocycles. The van der Waals surface area contributed by atoms with E-state index in [1.807, 2.05) is 0 Å². The van der Waals surface area contributed by atoms with Gasteiger partial charge in [0.15, 0.2) is 0 Å². The maximum atomic E-state index is 3.76. The minimum Gasteiger partial charge on any atom is -0.309 e. The molecule has 1 unspecified atom stereocenters. The molecule has 1 aliphatic heterocycles. The van der Waals surface area contributed by atoms with Crippen molar-refractivity contribution >= 4 is 0 Å². The van der Waals surface area contributed by atoms with Gasteiger partial charge in [-0.3, -0.25) is 4.90 Å². The molecule has 0 spiro atoms. The molecule has 2 fully saturated rings. The van der Waals surface area contributed by atoms with E-state index in [1.165, 1.54) is 42.6 Å². The molecule has 2 heteroatoms. The second kappa shape index (κ2) is 4.92. The van der Waals surface area contributed by atoms with Crippen molar-refractivity contribution in [1.29, 1.82) is 0 Å². The van der Waals surface area contributed by atoms with E-state index < -0.39 is 0 Å². The van der Waals surface area contributed by atoms with Crippen LogP contribution in [0.15, 0.2) is 18.2 Å². The first-order valence-electron chi connectivity index (χ1n) is 7.60. The van der Waals surface area contributed by atoms with Crippen LogP contribution in [-0.2, 0) is 6.54 Å². The van der Waals surface area contributed by atoms with Crippen LogP contribution in [0.5, 0.6) is 0 Å². The fourth-order valence-electron chi connectivity index (χ4n) is 3.44. The van der Waals surface area contributed by atoms with Crippen molar-refractivity contribution in [3.05, 3.63) is 34.9 Å². The standard InChI is InChI=1S/C17H26N2/c1-13-4-5-14(2)15(10-13)11-19-9-8-18-17(3,12-19)16-6-7-16/h4-5,10,16,18H,6-9,11-12H2,1-3H3. The maximum Gasteiger partial charge on any atom is 0.0309 e. The Bertz CT molecular complexity index is 464. The van der Waals surface area contributed by atoms with Gasteiger partial charge in [-0.15, -0.1) is 0 Å². The van der Waals surface area contributed by atoms with Crippen LogP contribution in [0.1, 0.15) is 36.5 Å². The molecule has 1 atom stereocenters. The van der Waals surface area contributed by atoms with Crippen molar-refractivity contribution in [1.82, 2.24) is 10.2 Å². The van der Waals surface area contributed by atoms with Crippen LogP contribution in [0, 0.1) is 19.8 Å². The normalized spacial score (nSPS) is 28.6. The molecule has 2 aliphatic rings. The van der Waals surface area contributed by atoms with Gasteiger partial charge in [-0.25, -0.2) is 0 Å². The Labute approximate surface area is 117 Å². The molecular weight excluding hydrogens is 232 g/mol. The molecule has 3 rings (SSSR count). The molecular formula is C17H26N2. The third-order valence-corrected chi connectivity index (χ3v) is 4.89. The van der Waals surface area contributed by atoms with Crippen LogP contribution in [0.25, 0.3) is 0 Å². The van der Waals surface area contributed by atoms with Gasteiger partial charge in [-0.05, 0) is 50.7 Å². The largest absolute Gasteiger partial charge is 0.309 e. The lowest BCUT2D eigenvalue weighted by Gasteiger charge is -2.42. The molecule has 0 bridgehead atoms. The summed E-state index contributed by atoms with van der Waals surface area (Å²) >= 11 is 0. The third-order valence-electron chi connectivity index (χ3n) is 4.89. The fraction of sp³-hybridized carbons (Fsp3) is 0.647. The van der Waals surface area contributed by atoms with E-state index >= 15 is 0 Å². The molecule has 104 valence electrons. The van der Waals surface area contributed by atoms with Gasteiger partial charge in [0.05, 0.1) is 0 Å². The summed E-state index contributed by atoms with van der Waals surface area (Å²) in [7, 11) is 0. The highest BCUT2D eigenvalue weighted by Gasteiger charge is 2.43. The lowest BCUT2D eigenvalue weighted by molar-refractivity contribution is 0.121. The summed E-state index contributed by atoms with van der Waals surface area (Å²) in [5, 5.41) is 3.76. The second-order valence-corrected chi connectivity index (χ2v) is 6.76. The zero-order chi connectivity index (χ0) is 13.5. The molecule has 1 saturated heterocycles. The zero-order valence-electron chi connectivity index (χ0n) is 12.5. The second-order valence-electron chi connectivity index (χ2n) is 6.76. The number of rotatable bonds is 3. The highest BCUT2D eigenvalue weighted by atomic mass is 15.2. The summed E-state index contributed by atoms with van der Waals surface area (Å²) in [4.78, 5) is 2.64. The van der Waals surface area contributed by atoms with Gasteiger partial charge in [0, 0.05) is 31.7 Å². The van der Waals surface area contributed by atoms with Gasteiger partial charge in [-0.1, -0.05) is 23.8 Å². The molecule has 1 heterocycles. The number of hydrogen-bond donors (Lipinski definition) is 1. The van der Waals surface area contributed by atoms with Crippen LogP contribution in [-0.4, -0.2) is 30.1 Å². The van der Waals surface area contributed by atoms with E-state index in [0.29, 0.717) is 5.54 Å². The Balaban J connectivity index is 1.70. The number of nitrogens with one attached hydrogen (secondary N) is 1. The lowest BCUT2D eigenvalue weighted by Crippen LogP contribution is -2.59.